The van der Waals surface area contributed by atoms with Crippen LogP contribution >= 0.6 is 23.8 Å². The Balaban J connectivity index is 3.13. The molecule has 0 bridgehead atoms. The van der Waals surface area contributed by atoms with Crippen LogP contribution < -0.4 is 5.73 Å². The van der Waals surface area contributed by atoms with Crippen molar-refractivity contribution in [1.29, 1.82) is 0 Å². The quantitative estimate of drug-likeness (QED) is 0.790. The van der Waals surface area contributed by atoms with Crippen molar-refractivity contribution in [3.05, 3.63) is 28.8 Å². The number of hydrogen-bond acceptors (Lipinski definition) is 4. The number of amides is 1. The van der Waals surface area contributed by atoms with Crippen molar-refractivity contribution in [2.45, 2.75) is 4.90 Å². The van der Waals surface area contributed by atoms with Gasteiger partial charge in [-0.05, 0) is 12.1 Å². The molecule has 9 heteroatoms. The van der Waals surface area contributed by atoms with Gasteiger partial charge in [-0.15, -0.1) is 0 Å². The van der Waals surface area contributed by atoms with Gasteiger partial charge in [0, 0.05) is 26.7 Å². The Labute approximate surface area is 134 Å². The van der Waals surface area contributed by atoms with Crippen LogP contribution in [0, 0.1) is 0 Å². The first-order valence-electron chi connectivity index (χ1n) is 5.83. The van der Waals surface area contributed by atoms with Crippen LogP contribution in [0.4, 0.5) is 0 Å². The lowest BCUT2D eigenvalue weighted by atomic mass is 10.2. The summed E-state index contributed by atoms with van der Waals surface area (Å²) in [4.78, 5) is 12.9. The Kier molecular flexibility index (Phi) is 5.68. The van der Waals surface area contributed by atoms with E-state index in [1.54, 1.807) is 14.1 Å². The van der Waals surface area contributed by atoms with Crippen LogP contribution in [0.15, 0.2) is 23.1 Å². The predicted molar refractivity (Wildman–Crippen MR) is 85.8 cm³/mol. The fourth-order valence-corrected chi connectivity index (χ4v) is 3.21. The maximum atomic E-state index is 12.4. The van der Waals surface area contributed by atoms with Gasteiger partial charge in [0.15, 0.2) is 0 Å². The van der Waals surface area contributed by atoms with E-state index in [1.165, 1.54) is 30.1 Å². The van der Waals surface area contributed by atoms with Crippen molar-refractivity contribution in [3.63, 3.8) is 0 Å². The Bertz CT molecular complexity index is 674. The summed E-state index contributed by atoms with van der Waals surface area (Å²) in [6, 6.07) is 4.18. The van der Waals surface area contributed by atoms with Crippen LogP contribution in [0.3, 0.4) is 0 Å². The van der Waals surface area contributed by atoms with Gasteiger partial charge in [0.2, 0.25) is 15.9 Å². The molecule has 1 rings (SSSR count). The number of likely N-dealkylation sites (N-methyl/N-ethyl adjacent to an activating group) is 2. The molecule has 0 atom stereocenters. The highest BCUT2D eigenvalue weighted by atomic mass is 35.5. The largest absolute Gasteiger partial charge is 0.389 e. The van der Waals surface area contributed by atoms with Crippen molar-refractivity contribution in [2.24, 2.45) is 5.73 Å². The van der Waals surface area contributed by atoms with E-state index in [-0.39, 0.29) is 27.4 Å². The van der Waals surface area contributed by atoms with Gasteiger partial charge >= 0.3 is 0 Å². The van der Waals surface area contributed by atoms with E-state index >= 15 is 0 Å². The second-order valence-corrected chi connectivity index (χ2v) is 7.42. The Morgan fingerprint density at radius 3 is 2.33 bits per heavy atom. The molecule has 0 spiro atoms. The van der Waals surface area contributed by atoms with Gasteiger partial charge in [-0.3, -0.25) is 4.79 Å². The van der Waals surface area contributed by atoms with E-state index in [0.717, 1.165) is 4.31 Å². The molecule has 0 aromatic heterocycles. The number of carbonyl (C=O) groups is 1. The van der Waals surface area contributed by atoms with Gasteiger partial charge in [0.05, 0.1) is 11.6 Å². The minimum atomic E-state index is -3.87. The zero-order valence-corrected chi connectivity index (χ0v) is 14.2. The fraction of sp³-hybridized carbons (Fsp3) is 0.333. The third-order valence-corrected chi connectivity index (χ3v) is 5.28. The summed E-state index contributed by atoms with van der Waals surface area (Å²) in [5.74, 6) is -0.336. The fourth-order valence-electron chi connectivity index (χ4n) is 1.45. The molecule has 0 aliphatic rings. The highest BCUT2D eigenvalue weighted by Crippen LogP contribution is 2.25. The summed E-state index contributed by atoms with van der Waals surface area (Å²) in [6.07, 6.45) is 0. The molecule has 0 saturated heterocycles. The molecule has 0 fully saturated rings. The van der Waals surface area contributed by atoms with Crippen molar-refractivity contribution >= 4 is 44.7 Å². The second kappa shape index (κ2) is 6.69. The molecule has 1 aromatic rings. The van der Waals surface area contributed by atoms with Crippen LogP contribution in [0.1, 0.15) is 5.56 Å². The molecule has 1 aromatic carbocycles. The molecular weight excluding hydrogens is 334 g/mol. The third kappa shape index (κ3) is 4.13. The van der Waals surface area contributed by atoms with E-state index in [0.29, 0.717) is 5.56 Å². The Hall–Kier alpha value is -1.22. The first-order chi connectivity index (χ1) is 9.57. The first kappa shape index (κ1) is 17.8. The standard InChI is InChI=1S/C12H16ClN3O3S2/c1-15(2)11(17)7-16(3)21(18,19)10-5-4-8(12(14)20)6-9(10)13/h4-6H,7H2,1-3H3,(H2,14,20). The lowest BCUT2D eigenvalue weighted by Crippen LogP contribution is -2.37. The van der Waals surface area contributed by atoms with Gasteiger partial charge in [-0.2, -0.15) is 4.31 Å². The Morgan fingerprint density at radius 2 is 1.90 bits per heavy atom. The van der Waals surface area contributed by atoms with E-state index in [4.69, 9.17) is 29.6 Å². The number of hydrogen-bond donors (Lipinski definition) is 1. The van der Waals surface area contributed by atoms with Crippen molar-refractivity contribution < 1.29 is 13.2 Å². The van der Waals surface area contributed by atoms with Crippen LogP contribution in [0.25, 0.3) is 0 Å². The number of rotatable bonds is 5. The molecule has 0 saturated carbocycles. The minimum Gasteiger partial charge on any atom is -0.389 e. The van der Waals surface area contributed by atoms with Crippen LogP contribution in [-0.2, 0) is 14.8 Å². The van der Waals surface area contributed by atoms with E-state index in [1.807, 2.05) is 0 Å². The lowest BCUT2D eigenvalue weighted by molar-refractivity contribution is -0.128. The number of halogens is 1. The highest BCUT2D eigenvalue weighted by Gasteiger charge is 2.26. The molecule has 6 nitrogen and oxygen atoms in total. The zero-order chi connectivity index (χ0) is 16.4. The maximum absolute atomic E-state index is 12.4. The SMILES string of the molecule is CN(C)C(=O)CN(C)S(=O)(=O)c1ccc(C(N)=S)cc1Cl. The molecule has 0 unspecified atom stereocenters. The van der Waals surface area contributed by atoms with Crippen LogP contribution in [0.5, 0.6) is 0 Å². The maximum Gasteiger partial charge on any atom is 0.244 e. The number of carbonyl (C=O) groups excluding carboxylic acids is 1. The monoisotopic (exact) mass is 349 g/mol. The molecule has 116 valence electrons. The third-order valence-electron chi connectivity index (χ3n) is 2.76. The summed E-state index contributed by atoms with van der Waals surface area (Å²) in [7, 11) is 0.540. The molecule has 0 heterocycles. The molecule has 21 heavy (non-hydrogen) atoms. The molecule has 0 aliphatic heterocycles. The second-order valence-electron chi connectivity index (χ2n) is 4.56. The Morgan fingerprint density at radius 1 is 1.33 bits per heavy atom. The summed E-state index contributed by atoms with van der Waals surface area (Å²) < 4.78 is 25.7. The molecule has 2 N–H and O–H groups in total. The number of nitrogens with zero attached hydrogens (tertiary/aromatic N) is 2. The van der Waals surface area contributed by atoms with E-state index in [2.05, 4.69) is 0 Å². The average Bonchev–Trinajstić information content (AvgIpc) is 2.37. The van der Waals surface area contributed by atoms with Crippen LogP contribution in [0.2, 0.25) is 5.02 Å². The number of thiocarbonyl (C=S) groups is 1. The molecule has 0 aliphatic carbocycles. The van der Waals surface area contributed by atoms with E-state index < -0.39 is 10.0 Å². The zero-order valence-electron chi connectivity index (χ0n) is 11.8. The van der Waals surface area contributed by atoms with E-state index in [9.17, 15) is 13.2 Å². The van der Waals surface area contributed by atoms with Crippen molar-refractivity contribution in [1.82, 2.24) is 9.21 Å². The van der Waals surface area contributed by atoms with Crippen LogP contribution in [-0.4, -0.2) is 56.2 Å². The van der Waals surface area contributed by atoms with Gasteiger partial charge in [-0.25, -0.2) is 8.42 Å². The first-order valence-corrected chi connectivity index (χ1v) is 8.06. The smallest absolute Gasteiger partial charge is 0.244 e. The average molecular weight is 350 g/mol. The molecule has 1 amide bonds. The van der Waals surface area contributed by atoms with Gasteiger partial charge in [0.1, 0.15) is 9.88 Å². The number of benzene rings is 1. The summed E-state index contributed by atoms with van der Waals surface area (Å²) in [5, 5.41) is 0.00412. The summed E-state index contributed by atoms with van der Waals surface area (Å²) in [6.45, 7) is -0.275. The molecular formula is C12H16ClN3O3S2. The topological polar surface area (TPSA) is 83.7 Å². The van der Waals surface area contributed by atoms with Gasteiger partial charge < -0.3 is 10.6 Å². The number of sulfonamides is 1. The molecule has 0 radical (unpaired) electrons. The van der Waals surface area contributed by atoms with Crippen molar-refractivity contribution in [3.8, 4) is 0 Å². The van der Waals surface area contributed by atoms with Gasteiger partial charge in [0.25, 0.3) is 0 Å². The normalized spacial score (nSPS) is 11.5. The number of nitrogens with two attached hydrogens (primary N) is 1. The van der Waals surface area contributed by atoms with Crippen molar-refractivity contribution in [2.75, 3.05) is 27.7 Å². The minimum absolute atomic E-state index is 0.00412. The highest BCUT2D eigenvalue weighted by molar-refractivity contribution is 7.89. The lowest BCUT2D eigenvalue weighted by Gasteiger charge is -2.19. The van der Waals surface area contributed by atoms with Gasteiger partial charge in [-0.1, -0.05) is 29.9 Å². The summed E-state index contributed by atoms with van der Waals surface area (Å²) in [5.41, 5.74) is 5.94. The predicted octanol–water partition coefficient (Wildman–Crippen LogP) is 0.683. The summed E-state index contributed by atoms with van der Waals surface area (Å²) >= 11 is 10.8.